The second kappa shape index (κ2) is 10.7. The van der Waals surface area contributed by atoms with Gasteiger partial charge in [-0.3, -0.25) is 0 Å². The van der Waals surface area contributed by atoms with Crippen molar-refractivity contribution < 1.29 is 27.1 Å². The third-order valence-corrected chi connectivity index (χ3v) is 7.07. The highest BCUT2D eigenvalue weighted by molar-refractivity contribution is 7.95. The lowest BCUT2D eigenvalue weighted by Crippen LogP contribution is -2.57. The molecule has 2 heterocycles. The van der Waals surface area contributed by atoms with Crippen LogP contribution in [0.3, 0.4) is 0 Å². The summed E-state index contributed by atoms with van der Waals surface area (Å²) in [6, 6.07) is 10.0. The van der Waals surface area contributed by atoms with Gasteiger partial charge in [-0.15, -0.1) is 0 Å². The van der Waals surface area contributed by atoms with Gasteiger partial charge in [0, 0.05) is 17.5 Å². The summed E-state index contributed by atoms with van der Waals surface area (Å²) in [6.07, 6.45) is 0.0708. The number of sulfone groups is 1. The van der Waals surface area contributed by atoms with Gasteiger partial charge in [0.2, 0.25) is 0 Å². The molecule has 2 N–H and O–H groups in total. The van der Waals surface area contributed by atoms with Crippen LogP contribution >= 0.6 is 0 Å². The number of anilines is 1. The van der Waals surface area contributed by atoms with E-state index in [1.54, 1.807) is 51.1 Å². The molecule has 194 valence electrons. The Morgan fingerprint density at radius 3 is 2.44 bits per heavy atom. The first-order chi connectivity index (χ1) is 16.7. The second-order valence-corrected chi connectivity index (χ2v) is 11.5. The molecule has 0 atom stereocenters. The molecular formula is C25H31FN4O5S. The molecule has 1 aromatic carbocycles. The lowest BCUT2D eigenvalue weighted by molar-refractivity contribution is -0.0229. The van der Waals surface area contributed by atoms with Crippen LogP contribution in [0.15, 0.2) is 53.2 Å². The predicted octanol–water partition coefficient (Wildman–Crippen LogP) is 4.52. The highest BCUT2D eigenvalue weighted by Gasteiger charge is 2.35. The van der Waals surface area contributed by atoms with Crippen molar-refractivity contribution in [3.8, 4) is 5.75 Å². The van der Waals surface area contributed by atoms with Gasteiger partial charge >= 0.3 is 6.09 Å². The number of allylic oxidation sites excluding steroid dienone is 2. The summed E-state index contributed by atoms with van der Waals surface area (Å²) in [7, 11) is -3.84. The minimum atomic E-state index is -3.84. The molecule has 0 saturated carbocycles. The first-order valence-electron chi connectivity index (χ1n) is 11.4. The molecule has 0 bridgehead atoms. The first kappa shape index (κ1) is 27.1. The molecule has 2 aromatic rings. The van der Waals surface area contributed by atoms with Crippen LogP contribution in [0.2, 0.25) is 0 Å². The molecule has 1 aromatic heterocycles. The summed E-state index contributed by atoms with van der Waals surface area (Å²) < 4.78 is 51.5. The first-order valence-corrected chi connectivity index (χ1v) is 13.0. The van der Waals surface area contributed by atoms with Crippen molar-refractivity contribution in [2.75, 3.05) is 18.4 Å². The van der Waals surface area contributed by atoms with Gasteiger partial charge < -0.3 is 25.1 Å². The van der Waals surface area contributed by atoms with E-state index in [1.165, 1.54) is 24.8 Å². The highest BCUT2D eigenvalue weighted by Crippen LogP contribution is 2.26. The zero-order valence-corrected chi connectivity index (χ0v) is 21.8. The Kier molecular flexibility index (Phi) is 8.02. The number of hydrogen-bond donors (Lipinski definition) is 2. The van der Waals surface area contributed by atoms with E-state index in [-0.39, 0.29) is 46.7 Å². The molecule has 36 heavy (non-hydrogen) atoms. The van der Waals surface area contributed by atoms with E-state index in [0.717, 1.165) is 6.20 Å². The third-order valence-electron chi connectivity index (χ3n) is 5.12. The van der Waals surface area contributed by atoms with Crippen LogP contribution in [-0.2, 0) is 20.3 Å². The standard InChI is InChI=1S/C25H31FN4O5S/c1-16(27)23(36(32,33)15-18-9-7-6-8-10-18)17(2)29-22-11-21(20(26)12-28-22)34-19-13-30(14-19)24(31)35-25(3,4)5/h6-12,19,27H,13-15H2,1-5H3,(H,28,29)/b23-17+,27-16?. The maximum absolute atomic E-state index is 14.4. The van der Waals surface area contributed by atoms with Gasteiger partial charge in [0.15, 0.2) is 21.4 Å². The van der Waals surface area contributed by atoms with Crippen LogP contribution in [-0.4, -0.2) is 54.9 Å². The number of halogens is 1. The molecule has 0 unspecified atom stereocenters. The summed E-state index contributed by atoms with van der Waals surface area (Å²) in [5.41, 5.74) is 0.0315. The molecule has 1 aliphatic rings. The zero-order chi connectivity index (χ0) is 26.7. The molecule has 3 rings (SSSR count). The van der Waals surface area contributed by atoms with Gasteiger partial charge in [-0.2, -0.15) is 0 Å². The van der Waals surface area contributed by atoms with Crippen LogP contribution in [0.25, 0.3) is 0 Å². The van der Waals surface area contributed by atoms with Crippen molar-refractivity contribution in [1.29, 1.82) is 5.41 Å². The molecule has 1 fully saturated rings. The predicted molar refractivity (Wildman–Crippen MR) is 135 cm³/mol. The summed E-state index contributed by atoms with van der Waals surface area (Å²) in [6.45, 7) is 8.71. The van der Waals surface area contributed by atoms with Gasteiger partial charge in [-0.1, -0.05) is 30.3 Å². The number of amides is 1. The SMILES string of the molecule is CC(=N)/C(=C(/C)Nc1cc(OC2CN(C(=O)OC(C)(C)C)C2)c(F)cn1)S(=O)(=O)Cc1ccccc1. The summed E-state index contributed by atoms with van der Waals surface area (Å²) in [5, 5.41) is 10.9. The fourth-order valence-corrected chi connectivity index (χ4v) is 5.37. The number of likely N-dealkylation sites (tertiary alicyclic amines) is 1. The Labute approximate surface area is 210 Å². The highest BCUT2D eigenvalue weighted by atomic mass is 32.2. The number of benzene rings is 1. The molecule has 1 saturated heterocycles. The summed E-state index contributed by atoms with van der Waals surface area (Å²) in [5.74, 6) is -0.896. The van der Waals surface area contributed by atoms with Crippen LogP contribution in [0.1, 0.15) is 40.2 Å². The van der Waals surface area contributed by atoms with Crippen LogP contribution in [0, 0.1) is 11.2 Å². The van der Waals surface area contributed by atoms with Crippen molar-refractivity contribution in [3.05, 3.63) is 64.6 Å². The molecule has 0 radical (unpaired) electrons. The van der Waals surface area contributed by atoms with Crippen molar-refractivity contribution in [3.63, 3.8) is 0 Å². The Morgan fingerprint density at radius 2 is 1.86 bits per heavy atom. The Morgan fingerprint density at radius 1 is 1.22 bits per heavy atom. The number of carbonyl (C=O) groups is 1. The summed E-state index contributed by atoms with van der Waals surface area (Å²) in [4.78, 5) is 17.3. The molecule has 0 spiro atoms. The van der Waals surface area contributed by atoms with Gasteiger partial charge in [0.25, 0.3) is 0 Å². The number of nitrogens with one attached hydrogen (secondary N) is 2. The second-order valence-electron chi connectivity index (χ2n) is 9.57. The van der Waals surface area contributed by atoms with Gasteiger partial charge in [0.1, 0.15) is 22.4 Å². The molecule has 0 aliphatic carbocycles. The van der Waals surface area contributed by atoms with Crippen molar-refractivity contribution in [2.24, 2.45) is 0 Å². The minimum Gasteiger partial charge on any atom is -0.483 e. The fraction of sp³-hybridized carbons (Fsp3) is 0.400. The maximum Gasteiger partial charge on any atom is 0.410 e. The largest absolute Gasteiger partial charge is 0.483 e. The third kappa shape index (κ3) is 7.03. The van der Waals surface area contributed by atoms with E-state index >= 15 is 0 Å². The number of pyridine rings is 1. The maximum atomic E-state index is 14.4. The van der Waals surface area contributed by atoms with E-state index < -0.39 is 33.5 Å². The Hall–Kier alpha value is -3.47. The quantitative estimate of drug-likeness (QED) is 0.493. The van der Waals surface area contributed by atoms with E-state index in [0.29, 0.717) is 5.56 Å². The van der Waals surface area contributed by atoms with Gasteiger partial charge in [-0.25, -0.2) is 22.6 Å². The Balaban J connectivity index is 1.72. The van der Waals surface area contributed by atoms with Crippen molar-refractivity contribution in [1.82, 2.24) is 9.88 Å². The average molecular weight is 519 g/mol. The molecular weight excluding hydrogens is 487 g/mol. The minimum absolute atomic E-state index is 0.0885. The van der Waals surface area contributed by atoms with E-state index in [1.807, 2.05) is 0 Å². The van der Waals surface area contributed by atoms with E-state index in [2.05, 4.69) is 10.3 Å². The number of rotatable bonds is 8. The number of aromatic nitrogens is 1. The lowest BCUT2D eigenvalue weighted by atomic mass is 10.1. The van der Waals surface area contributed by atoms with Gasteiger partial charge in [0.05, 0.1) is 25.0 Å². The molecule has 11 heteroatoms. The normalized spacial score (nSPS) is 15.0. The number of hydrogen-bond acceptors (Lipinski definition) is 8. The van der Waals surface area contributed by atoms with Crippen molar-refractivity contribution >= 4 is 27.5 Å². The smallest absolute Gasteiger partial charge is 0.410 e. The number of carbonyl (C=O) groups excluding carboxylic acids is 1. The van der Waals surface area contributed by atoms with Crippen LogP contribution in [0.5, 0.6) is 5.75 Å². The van der Waals surface area contributed by atoms with Crippen LogP contribution in [0.4, 0.5) is 15.0 Å². The summed E-state index contributed by atoms with van der Waals surface area (Å²) >= 11 is 0. The van der Waals surface area contributed by atoms with E-state index in [9.17, 15) is 17.6 Å². The van der Waals surface area contributed by atoms with E-state index in [4.69, 9.17) is 14.9 Å². The van der Waals surface area contributed by atoms with Crippen LogP contribution < -0.4 is 10.1 Å². The number of ether oxygens (including phenoxy) is 2. The van der Waals surface area contributed by atoms with Gasteiger partial charge in [-0.05, 0) is 40.2 Å². The molecule has 1 aliphatic heterocycles. The zero-order valence-electron chi connectivity index (χ0n) is 21.0. The Bertz CT molecular complexity index is 1270. The molecule has 9 nitrogen and oxygen atoms in total. The van der Waals surface area contributed by atoms with Crippen molar-refractivity contribution in [2.45, 2.75) is 52.1 Å². The lowest BCUT2D eigenvalue weighted by Gasteiger charge is -2.39. The number of nitrogens with zero attached hydrogens (tertiary/aromatic N) is 2. The average Bonchev–Trinajstić information content (AvgIpc) is 2.70. The topological polar surface area (TPSA) is 122 Å². The fourth-order valence-electron chi connectivity index (χ4n) is 3.61. The molecule has 1 amide bonds. The monoisotopic (exact) mass is 518 g/mol.